The predicted octanol–water partition coefficient (Wildman–Crippen LogP) is 3.00. The highest BCUT2D eigenvalue weighted by molar-refractivity contribution is 5.76. The number of benzene rings is 1. The summed E-state index contributed by atoms with van der Waals surface area (Å²) in [6.45, 7) is 4.20. The molecule has 0 amide bonds. The maximum absolute atomic E-state index is 4.66. The van der Waals surface area contributed by atoms with Gasteiger partial charge in [-0.1, -0.05) is 0 Å². The average molecular weight is 221 g/mol. The van der Waals surface area contributed by atoms with E-state index in [-0.39, 0.29) is 0 Å². The lowest BCUT2D eigenvalue weighted by molar-refractivity contribution is 1.12. The van der Waals surface area contributed by atoms with Gasteiger partial charge in [0.1, 0.15) is 0 Å². The first-order chi connectivity index (χ1) is 8.24. The molecule has 1 saturated carbocycles. The van der Waals surface area contributed by atoms with Crippen LogP contribution in [0.1, 0.15) is 16.8 Å². The van der Waals surface area contributed by atoms with Crippen molar-refractivity contribution in [3.05, 3.63) is 66.8 Å². The topological polar surface area (TPSA) is 25.8 Å². The molecule has 3 rings (SSSR count). The molecule has 0 spiro atoms. The summed E-state index contributed by atoms with van der Waals surface area (Å²) in [5, 5.41) is 0. The zero-order valence-electron chi connectivity index (χ0n) is 9.94. The lowest BCUT2D eigenvalue weighted by Gasteiger charge is -2.08. The molecule has 1 heterocycles. The third-order valence-electron chi connectivity index (χ3n) is 3.12. The molecule has 0 aliphatic heterocycles. The maximum atomic E-state index is 4.66. The normalized spacial score (nSPS) is 16.8. The summed E-state index contributed by atoms with van der Waals surface area (Å²) >= 11 is 0. The number of aromatic nitrogens is 2. The summed E-state index contributed by atoms with van der Waals surface area (Å²) < 4.78 is 0. The van der Waals surface area contributed by atoms with Gasteiger partial charge < -0.3 is 0 Å². The van der Waals surface area contributed by atoms with Crippen molar-refractivity contribution in [1.82, 2.24) is 9.97 Å². The van der Waals surface area contributed by atoms with E-state index in [1.54, 1.807) is 0 Å². The van der Waals surface area contributed by atoms with Crippen LogP contribution in [-0.2, 0) is 0 Å². The minimum absolute atomic E-state index is 0.936. The van der Waals surface area contributed by atoms with Gasteiger partial charge in [0.15, 0.2) is 0 Å². The van der Waals surface area contributed by atoms with Gasteiger partial charge in [-0.3, -0.25) is 4.98 Å². The lowest BCUT2D eigenvalue weighted by Crippen LogP contribution is -2.00. The molecular weight excluding hydrogens is 208 g/mol. The van der Waals surface area contributed by atoms with Crippen LogP contribution in [0.2, 0.25) is 0 Å². The van der Waals surface area contributed by atoms with Crippen LogP contribution in [0, 0.1) is 45.4 Å². The number of fused-ring (bicyclic) bond motifs is 1. The molecular formula is C15H13N2. The van der Waals surface area contributed by atoms with Crippen molar-refractivity contribution in [3.8, 4) is 0 Å². The third-order valence-corrected chi connectivity index (χ3v) is 3.12. The van der Waals surface area contributed by atoms with E-state index in [2.05, 4.69) is 48.8 Å². The molecule has 1 fully saturated rings. The van der Waals surface area contributed by atoms with Gasteiger partial charge in [-0.05, 0) is 62.8 Å². The van der Waals surface area contributed by atoms with Crippen LogP contribution in [0.3, 0.4) is 0 Å². The van der Waals surface area contributed by atoms with Crippen LogP contribution >= 0.6 is 0 Å². The molecule has 2 heteroatoms. The molecule has 0 unspecified atom stereocenters. The van der Waals surface area contributed by atoms with Crippen molar-refractivity contribution in [2.75, 3.05) is 0 Å². The first-order valence-corrected chi connectivity index (χ1v) is 5.70. The van der Waals surface area contributed by atoms with Gasteiger partial charge in [-0.2, -0.15) is 0 Å². The van der Waals surface area contributed by atoms with Crippen molar-refractivity contribution in [2.45, 2.75) is 13.8 Å². The number of rotatable bonds is 1. The van der Waals surface area contributed by atoms with Crippen LogP contribution < -0.4 is 0 Å². The molecule has 1 aliphatic carbocycles. The van der Waals surface area contributed by atoms with Crippen LogP contribution in [0.4, 0.5) is 0 Å². The largest absolute Gasteiger partial charge is 0.253 e. The minimum atomic E-state index is 0.936. The highest BCUT2D eigenvalue weighted by Gasteiger charge is 2.20. The summed E-state index contributed by atoms with van der Waals surface area (Å²) in [4.78, 5) is 9.13. The molecule has 1 aromatic carbocycles. The van der Waals surface area contributed by atoms with Crippen molar-refractivity contribution in [1.29, 1.82) is 0 Å². The third kappa shape index (κ3) is 1.92. The van der Waals surface area contributed by atoms with E-state index >= 15 is 0 Å². The van der Waals surface area contributed by atoms with Crippen molar-refractivity contribution in [2.24, 2.45) is 0 Å². The summed E-state index contributed by atoms with van der Waals surface area (Å²) in [5.74, 6) is 1.12. The molecule has 1 aliphatic rings. The Morgan fingerprint density at radius 1 is 0.882 bits per heavy atom. The predicted molar refractivity (Wildman–Crippen MR) is 68.6 cm³/mol. The Kier molecular flexibility index (Phi) is 2.58. The fourth-order valence-electron chi connectivity index (χ4n) is 1.95. The first kappa shape index (κ1) is 10.7. The van der Waals surface area contributed by atoms with E-state index in [9.17, 15) is 0 Å². The fourth-order valence-corrected chi connectivity index (χ4v) is 1.95. The zero-order valence-corrected chi connectivity index (χ0v) is 9.94. The molecule has 5 radical (unpaired) electrons. The number of nitrogens with zero attached hydrogens (tertiary/aromatic N) is 2. The Hall–Kier alpha value is -1.44. The second-order valence-electron chi connectivity index (χ2n) is 4.35. The second-order valence-corrected chi connectivity index (χ2v) is 4.35. The summed E-state index contributed by atoms with van der Waals surface area (Å²) in [6, 6.07) is 4.19. The van der Waals surface area contributed by atoms with E-state index < -0.39 is 0 Å². The SMILES string of the molecule is Cc1cc2ncc([C]3[CH][CH][CH][CH]3)nc2cc1C. The van der Waals surface area contributed by atoms with E-state index in [0.29, 0.717) is 0 Å². The average Bonchev–Trinajstić information content (AvgIpc) is 2.83. The molecule has 0 atom stereocenters. The Bertz CT molecular complexity index is 554. The van der Waals surface area contributed by atoms with Gasteiger partial charge in [0.2, 0.25) is 0 Å². The van der Waals surface area contributed by atoms with E-state index in [1.807, 2.05) is 19.0 Å². The van der Waals surface area contributed by atoms with Gasteiger partial charge in [0.25, 0.3) is 0 Å². The Labute approximate surface area is 102 Å². The Balaban J connectivity index is 2.08. The Morgan fingerprint density at radius 3 is 2.24 bits per heavy atom. The summed E-state index contributed by atoms with van der Waals surface area (Å²) in [7, 11) is 0. The number of aryl methyl sites for hydroxylation is 2. The Morgan fingerprint density at radius 2 is 1.53 bits per heavy atom. The van der Waals surface area contributed by atoms with Crippen LogP contribution in [0.25, 0.3) is 11.0 Å². The molecule has 0 saturated heterocycles. The van der Waals surface area contributed by atoms with Crippen LogP contribution in [-0.4, -0.2) is 9.97 Å². The zero-order chi connectivity index (χ0) is 11.8. The molecule has 2 aromatic rings. The maximum Gasteiger partial charge on any atom is 0.0893 e. The smallest absolute Gasteiger partial charge is 0.0893 e. The van der Waals surface area contributed by atoms with Crippen LogP contribution in [0.15, 0.2) is 18.3 Å². The molecule has 0 N–H and O–H groups in total. The number of hydrogen-bond donors (Lipinski definition) is 0. The molecule has 2 nitrogen and oxygen atoms in total. The van der Waals surface area contributed by atoms with Crippen molar-refractivity contribution >= 4 is 11.0 Å². The van der Waals surface area contributed by atoms with Crippen LogP contribution in [0.5, 0.6) is 0 Å². The van der Waals surface area contributed by atoms with E-state index in [0.717, 1.165) is 22.6 Å². The van der Waals surface area contributed by atoms with E-state index in [4.69, 9.17) is 0 Å². The van der Waals surface area contributed by atoms with Crippen molar-refractivity contribution in [3.63, 3.8) is 0 Å². The first-order valence-electron chi connectivity index (χ1n) is 5.70. The molecule has 0 bridgehead atoms. The minimum Gasteiger partial charge on any atom is -0.253 e. The van der Waals surface area contributed by atoms with E-state index in [1.165, 1.54) is 11.1 Å². The monoisotopic (exact) mass is 221 g/mol. The highest BCUT2D eigenvalue weighted by Crippen LogP contribution is 2.29. The van der Waals surface area contributed by atoms with Gasteiger partial charge in [0, 0.05) is 12.1 Å². The van der Waals surface area contributed by atoms with Crippen molar-refractivity contribution < 1.29 is 0 Å². The number of hydrogen-bond acceptors (Lipinski definition) is 2. The van der Waals surface area contributed by atoms with Gasteiger partial charge in [0.05, 0.1) is 16.7 Å². The van der Waals surface area contributed by atoms with Gasteiger partial charge >= 0.3 is 0 Å². The fraction of sp³-hybridized carbons (Fsp3) is 0.133. The highest BCUT2D eigenvalue weighted by atomic mass is 14.8. The van der Waals surface area contributed by atoms with Gasteiger partial charge in [-0.15, -0.1) is 0 Å². The molecule has 17 heavy (non-hydrogen) atoms. The van der Waals surface area contributed by atoms with Gasteiger partial charge in [-0.25, -0.2) is 4.98 Å². The lowest BCUT2D eigenvalue weighted by atomic mass is 10.0. The summed E-state index contributed by atoms with van der Waals surface area (Å²) in [6.07, 6.45) is 9.98. The molecule has 83 valence electrons. The second kappa shape index (κ2) is 4.10. The quantitative estimate of drug-likeness (QED) is 0.739. The summed E-state index contributed by atoms with van der Waals surface area (Å²) in [5.41, 5.74) is 5.38. The standard InChI is InChI=1S/C15H13N2/c1-10-7-13-14(8-11(10)2)17-15(9-16-13)12-5-3-4-6-12/h3-9H,1-2H3. The molecule has 1 aromatic heterocycles.